The average Bonchev–Trinajstić information content (AvgIpc) is 3.61. The number of aryl methyl sites for hydroxylation is 1. The molecule has 17 heteroatoms. The Morgan fingerprint density at radius 3 is 2.11 bits per heavy atom. The van der Waals surface area contributed by atoms with Gasteiger partial charge >= 0.3 is 18.1 Å². The topological polar surface area (TPSA) is 254 Å². The standard InChI is InChI=1S/C44H56N8O9/c1-27-15-9-11-19-31(27)50-42(59)46-22-14-13-21-33(39(56)49-35(25-37(53)54)41(58)52(5)36(38(45)55)23-28-16-7-6-8-17-28)48-40(57)34(51-43(60)61-44(2,3)4)24-29-26-47-32-20-12-10-18-30(29)32/h6-12,15-20,26,33-36,47H,13-14,21-25H2,1-5H3,(H2,45,55)(H,48,57)(H,49,56)(H,51,60)(H,53,54)(H2,46,50,59)/t33-,34-,35+,36-/m0/s1. The number of fused-ring (bicyclic) bond motifs is 1. The van der Waals surface area contributed by atoms with Crippen LogP contribution in [-0.2, 0) is 41.6 Å². The molecule has 9 N–H and O–H groups in total. The van der Waals surface area contributed by atoms with Crippen molar-refractivity contribution in [2.75, 3.05) is 18.9 Å². The molecule has 0 fully saturated rings. The van der Waals surface area contributed by atoms with Gasteiger partial charge in [0, 0.05) is 49.2 Å². The second-order valence-corrected chi connectivity index (χ2v) is 15.7. The quantitative estimate of drug-likeness (QED) is 0.0600. The third kappa shape index (κ3) is 14.7. The number of carbonyl (C=O) groups excluding carboxylic acids is 6. The number of primary amides is 1. The third-order valence-electron chi connectivity index (χ3n) is 9.75. The Hall–Kier alpha value is -6.91. The highest BCUT2D eigenvalue weighted by Crippen LogP contribution is 2.20. The molecule has 0 spiro atoms. The van der Waals surface area contributed by atoms with E-state index in [0.29, 0.717) is 23.2 Å². The van der Waals surface area contributed by atoms with Crippen molar-refractivity contribution in [3.63, 3.8) is 0 Å². The minimum Gasteiger partial charge on any atom is -0.481 e. The van der Waals surface area contributed by atoms with E-state index in [-0.39, 0.29) is 32.2 Å². The smallest absolute Gasteiger partial charge is 0.408 e. The fraction of sp³-hybridized carbons (Fsp3) is 0.386. The van der Waals surface area contributed by atoms with Crippen LogP contribution in [0.3, 0.4) is 0 Å². The molecule has 17 nitrogen and oxygen atoms in total. The van der Waals surface area contributed by atoms with Crippen molar-refractivity contribution in [3.05, 3.63) is 102 Å². The van der Waals surface area contributed by atoms with E-state index in [4.69, 9.17) is 10.5 Å². The Balaban J connectivity index is 1.56. The van der Waals surface area contributed by atoms with Gasteiger partial charge in [-0.25, -0.2) is 9.59 Å². The number of carboxylic acid groups (broad SMARTS) is 1. The van der Waals surface area contributed by atoms with Crippen molar-refractivity contribution in [3.8, 4) is 0 Å². The number of nitrogens with one attached hydrogen (secondary N) is 6. The van der Waals surface area contributed by atoms with Crippen molar-refractivity contribution < 1.29 is 43.4 Å². The zero-order valence-electron chi connectivity index (χ0n) is 35.1. The highest BCUT2D eigenvalue weighted by Gasteiger charge is 2.35. The second-order valence-electron chi connectivity index (χ2n) is 15.7. The molecule has 4 rings (SSSR count). The molecule has 1 heterocycles. The molecular weight excluding hydrogens is 785 g/mol. The number of likely N-dealkylation sites (N-methyl/N-ethyl adjacent to an activating group) is 1. The molecule has 0 bridgehead atoms. The Bertz CT molecular complexity index is 2170. The number of H-pyrrole nitrogens is 1. The monoisotopic (exact) mass is 840 g/mol. The number of para-hydroxylation sites is 2. The lowest BCUT2D eigenvalue weighted by Gasteiger charge is -2.30. The predicted molar refractivity (Wildman–Crippen MR) is 229 cm³/mol. The molecule has 326 valence electrons. The number of nitrogens with zero attached hydrogens (tertiary/aromatic N) is 1. The van der Waals surface area contributed by atoms with E-state index < -0.39 is 77.9 Å². The van der Waals surface area contributed by atoms with Crippen LogP contribution in [0.2, 0.25) is 0 Å². The van der Waals surface area contributed by atoms with Crippen LogP contribution in [0.25, 0.3) is 10.9 Å². The Kier molecular flexibility index (Phi) is 16.8. The number of amides is 7. The number of carboxylic acids is 1. The number of hydrogen-bond donors (Lipinski definition) is 8. The van der Waals surface area contributed by atoms with Crippen LogP contribution in [0.15, 0.2) is 85.1 Å². The number of aromatic nitrogens is 1. The number of hydrogen-bond acceptors (Lipinski definition) is 8. The molecule has 1 aromatic heterocycles. The highest BCUT2D eigenvalue weighted by molar-refractivity contribution is 5.97. The van der Waals surface area contributed by atoms with Gasteiger partial charge < -0.3 is 52.0 Å². The number of rotatable bonds is 20. The van der Waals surface area contributed by atoms with Gasteiger partial charge in [-0.05, 0) is 75.8 Å². The first-order valence-corrected chi connectivity index (χ1v) is 20.0. The van der Waals surface area contributed by atoms with Crippen LogP contribution in [0, 0.1) is 6.92 Å². The fourth-order valence-corrected chi connectivity index (χ4v) is 6.59. The molecule has 61 heavy (non-hydrogen) atoms. The first-order chi connectivity index (χ1) is 28.9. The summed E-state index contributed by atoms with van der Waals surface area (Å²) in [7, 11) is 1.29. The normalized spacial score (nSPS) is 13.1. The van der Waals surface area contributed by atoms with E-state index in [9.17, 15) is 38.7 Å². The van der Waals surface area contributed by atoms with E-state index in [1.807, 2.05) is 43.3 Å². The fourth-order valence-electron chi connectivity index (χ4n) is 6.59. The van der Waals surface area contributed by atoms with E-state index in [1.54, 1.807) is 69.4 Å². The molecule has 0 saturated carbocycles. The number of nitrogens with two attached hydrogens (primary N) is 1. The van der Waals surface area contributed by atoms with Gasteiger partial charge in [0.2, 0.25) is 23.6 Å². The number of ether oxygens (including phenoxy) is 1. The molecule has 0 aliphatic heterocycles. The average molecular weight is 841 g/mol. The summed E-state index contributed by atoms with van der Waals surface area (Å²) < 4.78 is 5.46. The summed E-state index contributed by atoms with van der Waals surface area (Å²) in [5.74, 6) is -4.81. The third-order valence-corrected chi connectivity index (χ3v) is 9.75. The van der Waals surface area contributed by atoms with Crippen molar-refractivity contribution in [2.45, 2.75) is 96.0 Å². The van der Waals surface area contributed by atoms with Crippen LogP contribution in [0.1, 0.15) is 63.1 Å². The zero-order chi connectivity index (χ0) is 44.7. The number of unbranched alkanes of at least 4 members (excludes halogenated alkanes) is 1. The van der Waals surface area contributed by atoms with Crippen molar-refractivity contribution in [2.24, 2.45) is 5.73 Å². The van der Waals surface area contributed by atoms with Gasteiger partial charge in [-0.15, -0.1) is 0 Å². The molecule has 0 radical (unpaired) electrons. The molecule has 0 unspecified atom stereocenters. The van der Waals surface area contributed by atoms with Crippen molar-refractivity contribution in [1.82, 2.24) is 31.2 Å². The number of urea groups is 1. The summed E-state index contributed by atoms with van der Waals surface area (Å²) in [6.07, 6.45) is 0.614. The zero-order valence-corrected chi connectivity index (χ0v) is 35.1. The van der Waals surface area contributed by atoms with Gasteiger partial charge in [0.15, 0.2) is 0 Å². The van der Waals surface area contributed by atoms with Gasteiger partial charge in [-0.3, -0.25) is 24.0 Å². The molecule has 3 aromatic carbocycles. The first-order valence-electron chi connectivity index (χ1n) is 20.0. The van der Waals surface area contributed by atoms with E-state index in [2.05, 4.69) is 31.6 Å². The summed E-state index contributed by atoms with van der Waals surface area (Å²) in [5.41, 5.74) is 8.49. The lowest BCUT2D eigenvalue weighted by atomic mass is 10.0. The first kappa shape index (κ1) is 46.8. The van der Waals surface area contributed by atoms with Crippen LogP contribution in [0.5, 0.6) is 0 Å². The summed E-state index contributed by atoms with van der Waals surface area (Å²) in [4.78, 5) is 96.6. The van der Waals surface area contributed by atoms with Gasteiger partial charge in [0.05, 0.1) is 6.42 Å². The van der Waals surface area contributed by atoms with E-state index >= 15 is 0 Å². The molecule has 0 aliphatic rings. The highest BCUT2D eigenvalue weighted by atomic mass is 16.6. The summed E-state index contributed by atoms with van der Waals surface area (Å²) >= 11 is 0. The number of aromatic amines is 1. The van der Waals surface area contributed by atoms with Crippen molar-refractivity contribution >= 4 is 58.3 Å². The van der Waals surface area contributed by atoms with Crippen LogP contribution in [0.4, 0.5) is 15.3 Å². The van der Waals surface area contributed by atoms with E-state index in [1.165, 1.54) is 7.05 Å². The molecule has 4 atom stereocenters. The summed E-state index contributed by atoms with van der Waals surface area (Å²) in [6.45, 7) is 7.06. The summed E-state index contributed by atoms with van der Waals surface area (Å²) in [6, 6.07) is 17.5. The number of alkyl carbamates (subject to hydrolysis) is 1. The Morgan fingerprint density at radius 2 is 1.44 bits per heavy atom. The van der Waals surface area contributed by atoms with E-state index in [0.717, 1.165) is 21.4 Å². The largest absolute Gasteiger partial charge is 0.481 e. The maximum atomic E-state index is 14.2. The van der Waals surface area contributed by atoms with Gasteiger partial charge in [0.1, 0.15) is 29.8 Å². The van der Waals surface area contributed by atoms with Gasteiger partial charge in [-0.2, -0.15) is 0 Å². The Morgan fingerprint density at radius 1 is 0.803 bits per heavy atom. The molecule has 0 aliphatic carbocycles. The molecular formula is C44H56N8O9. The lowest BCUT2D eigenvalue weighted by molar-refractivity contribution is -0.146. The maximum Gasteiger partial charge on any atom is 0.408 e. The Labute approximate surface area is 354 Å². The maximum absolute atomic E-state index is 14.2. The van der Waals surface area contributed by atoms with Crippen LogP contribution >= 0.6 is 0 Å². The summed E-state index contributed by atoms with van der Waals surface area (Å²) in [5, 5.41) is 24.0. The SMILES string of the molecule is Cc1ccccc1NC(=O)NCCCC[C@H](NC(=O)[C@H](Cc1c[nH]c2ccccc12)NC(=O)OC(C)(C)C)C(=O)N[C@H](CC(=O)O)C(=O)N(C)[C@@H](Cc1ccccc1)C(N)=O. The number of benzene rings is 3. The number of aliphatic carboxylic acids is 1. The van der Waals surface area contributed by atoms with Gasteiger partial charge in [-0.1, -0.05) is 66.7 Å². The van der Waals surface area contributed by atoms with Crippen molar-refractivity contribution in [1.29, 1.82) is 0 Å². The molecule has 7 amide bonds. The molecule has 4 aromatic rings. The lowest BCUT2D eigenvalue weighted by Crippen LogP contribution is -2.59. The minimum atomic E-state index is -1.67. The van der Waals surface area contributed by atoms with Gasteiger partial charge in [0.25, 0.3) is 0 Å². The molecule has 0 saturated heterocycles. The second kappa shape index (κ2) is 21.9. The van der Waals surface area contributed by atoms with Crippen LogP contribution < -0.4 is 32.3 Å². The van der Waals surface area contributed by atoms with Crippen LogP contribution in [-0.4, -0.2) is 100 Å². The number of anilines is 1. The number of carbonyl (C=O) groups is 7. The minimum absolute atomic E-state index is 0.00973. The predicted octanol–water partition coefficient (Wildman–Crippen LogP) is 3.90.